The Balaban J connectivity index is 1.59. The van der Waals surface area contributed by atoms with Crippen LogP contribution in [0.25, 0.3) is 10.9 Å². The minimum Gasteiger partial charge on any atom is -0.388 e. The van der Waals surface area contributed by atoms with Gasteiger partial charge in [-0.15, -0.1) is 0 Å². The molecule has 1 atom stereocenters. The van der Waals surface area contributed by atoms with Crippen LogP contribution >= 0.6 is 0 Å². The minimum atomic E-state index is -0.400. The first kappa shape index (κ1) is 15.5. The van der Waals surface area contributed by atoms with Crippen LogP contribution < -0.4 is 0 Å². The van der Waals surface area contributed by atoms with Gasteiger partial charge in [-0.2, -0.15) is 5.10 Å². The fourth-order valence-corrected chi connectivity index (χ4v) is 3.33. The zero-order valence-electron chi connectivity index (χ0n) is 13.5. The molecule has 0 amide bonds. The van der Waals surface area contributed by atoms with E-state index < -0.39 is 6.10 Å². The molecule has 1 aliphatic rings. The third kappa shape index (κ3) is 3.16. The number of aromatic amines is 1. The first-order valence-electron chi connectivity index (χ1n) is 8.24. The van der Waals surface area contributed by atoms with E-state index in [9.17, 15) is 5.11 Å². The molecule has 2 heterocycles. The maximum atomic E-state index is 10.6. The summed E-state index contributed by atoms with van der Waals surface area (Å²) in [4.78, 5) is 4.94. The Bertz CT molecular complexity index is 616. The highest BCUT2D eigenvalue weighted by Crippen LogP contribution is 2.26. The number of likely N-dealkylation sites (N-methyl/N-ethyl adjacent to an activating group) is 1. The Morgan fingerprint density at radius 1 is 1.23 bits per heavy atom. The summed E-state index contributed by atoms with van der Waals surface area (Å²) in [5.41, 5.74) is 3.19. The van der Waals surface area contributed by atoms with Crippen LogP contribution in [-0.4, -0.2) is 64.4 Å². The van der Waals surface area contributed by atoms with Crippen molar-refractivity contribution in [2.45, 2.75) is 26.4 Å². The van der Waals surface area contributed by atoms with Crippen LogP contribution in [-0.2, 0) is 0 Å². The van der Waals surface area contributed by atoms with Crippen molar-refractivity contribution in [2.75, 3.05) is 39.3 Å². The van der Waals surface area contributed by atoms with E-state index in [1.807, 2.05) is 18.3 Å². The van der Waals surface area contributed by atoms with Gasteiger partial charge in [-0.05, 0) is 37.1 Å². The van der Waals surface area contributed by atoms with Crippen LogP contribution in [0.2, 0.25) is 0 Å². The summed E-state index contributed by atoms with van der Waals surface area (Å²) in [5, 5.41) is 18.7. The highest BCUT2D eigenvalue weighted by molar-refractivity contribution is 5.82. The second-order valence-electron chi connectivity index (χ2n) is 6.19. The van der Waals surface area contributed by atoms with Gasteiger partial charge in [0.05, 0.1) is 17.8 Å². The maximum absolute atomic E-state index is 10.6. The lowest BCUT2D eigenvalue weighted by molar-refractivity contribution is 0.105. The molecule has 5 nitrogen and oxygen atoms in total. The second-order valence-corrected chi connectivity index (χ2v) is 6.19. The number of fused-ring (bicyclic) bond motifs is 1. The van der Waals surface area contributed by atoms with Gasteiger partial charge in [0.15, 0.2) is 0 Å². The number of aliphatic hydroxyl groups is 1. The number of piperazine rings is 1. The maximum Gasteiger partial charge on any atom is 0.0805 e. The number of rotatable bonds is 5. The van der Waals surface area contributed by atoms with Gasteiger partial charge in [0.1, 0.15) is 0 Å². The summed E-state index contributed by atoms with van der Waals surface area (Å²) in [7, 11) is 0. The van der Waals surface area contributed by atoms with Crippen molar-refractivity contribution in [1.82, 2.24) is 20.0 Å². The smallest absolute Gasteiger partial charge is 0.0805 e. The molecule has 1 saturated heterocycles. The number of benzene rings is 1. The molecule has 120 valence electrons. The Kier molecular flexibility index (Phi) is 4.76. The first-order valence-corrected chi connectivity index (χ1v) is 8.24. The molecule has 0 aliphatic carbocycles. The third-order valence-electron chi connectivity index (χ3n) is 4.93. The summed E-state index contributed by atoms with van der Waals surface area (Å²) in [6, 6.07) is 4.03. The quantitative estimate of drug-likeness (QED) is 0.886. The van der Waals surface area contributed by atoms with Gasteiger partial charge < -0.3 is 14.9 Å². The van der Waals surface area contributed by atoms with Crippen molar-refractivity contribution in [3.05, 3.63) is 29.5 Å². The molecule has 0 spiro atoms. The highest BCUT2D eigenvalue weighted by atomic mass is 16.3. The van der Waals surface area contributed by atoms with Gasteiger partial charge in [-0.25, -0.2) is 0 Å². The number of H-pyrrole nitrogens is 1. The Hall–Kier alpha value is -1.43. The standard InChI is InChI=1S/C17H26N4O/c1-3-20-8-10-21(11-9-20)7-6-17(22)14-4-5-16-15(13(14)2)12-18-19-16/h4-5,12,17,22H,3,6-11H2,1-2H3,(H,18,19). The van der Waals surface area contributed by atoms with E-state index in [-0.39, 0.29) is 0 Å². The van der Waals surface area contributed by atoms with Crippen molar-refractivity contribution in [3.8, 4) is 0 Å². The predicted molar refractivity (Wildman–Crippen MR) is 89.0 cm³/mol. The molecule has 1 fully saturated rings. The fraction of sp³-hybridized carbons (Fsp3) is 0.588. The lowest BCUT2D eigenvalue weighted by atomic mass is 9.98. The summed E-state index contributed by atoms with van der Waals surface area (Å²) in [6.07, 6.45) is 2.23. The largest absolute Gasteiger partial charge is 0.388 e. The van der Waals surface area contributed by atoms with E-state index in [0.29, 0.717) is 0 Å². The van der Waals surface area contributed by atoms with Crippen molar-refractivity contribution in [1.29, 1.82) is 0 Å². The van der Waals surface area contributed by atoms with Gasteiger partial charge >= 0.3 is 0 Å². The van der Waals surface area contributed by atoms with Gasteiger partial charge in [0, 0.05) is 38.1 Å². The van der Waals surface area contributed by atoms with E-state index in [1.165, 1.54) is 0 Å². The predicted octanol–water partition coefficient (Wildman–Crippen LogP) is 1.93. The average molecular weight is 302 g/mol. The van der Waals surface area contributed by atoms with Crippen LogP contribution in [0.1, 0.15) is 30.6 Å². The molecule has 5 heteroatoms. The monoisotopic (exact) mass is 302 g/mol. The average Bonchev–Trinajstić information content (AvgIpc) is 3.03. The number of aliphatic hydroxyl groups excluding tert-OH is 1. The molecule has 3 rings (SSSR count). The van der Waals surface area contributed by atoms with Crippen molar-refractivity contribution in [3.63, 3.8) is 0 Å². The molecule has 1 aromatic carbocycles. The fourth-order valence-electron chi connectivity index (χ4n) is 3.33. The molecule has 1 aliphatic heterocycles. The molecule has 2 aromatic rings. The first-order chi connectivity index (χ1) is 10.7. The van der Waals surface area contributed by atoms with E-state index in [2.05, 4.69) is 33.8 Å². The van der Waals surface area contributed by atoms with E-state index in [4.69, 9.17) is 0 Å². The summed E-state index contributed by atoms with van der Waals surface area (Å²) >= 11 is 0. The lowest BCUT2D eigenvalue weighted by Gasteiger charge is -2.34. The SMILES string of the molecule is CCN1CCN(CCC(O)c2ccc3[nH]ncc3c2C)CC1. The topological polar surface area (TPSA) is 55.4 Å². The van der Waals surface area contributed by atoms with Crippen LogP contribution in [0.3, 0.4) is 0 Å². The highest BCUT2D eigenvalue weighted by Gasteiger charge is 2.18. The van der Waals surface area contributed by atoms with Gasteiger partial charge in [-0.3, -0.25) is 5.10 Å². The van der Waals surface area contributed by atoms with Crippen LogP contribution in [0.15, 0.2) is 18.3 Å². The van der Waals surface area contributed by atoms with Crippen LogP contribution in [0.5, 0.6) is 0 Å². The lowest BCUT2D eigenvalue weighted by Crippen LogP contribution is -2.46. The Labute approximate surface area is 131 Å². The molecule has 0 saturated carbocycles. The van der Waals surface area contributed by atoms with Crippen molar-refractivity contribution < 1.29 is 5.11 Å². The molecule has 1 unspecified atom stereocenters. The van der Waals surface area contributed by atoms with Crippen molar-refractivity contribution >= 4 is 10.9 Å². The van der Waals surface area contributed by atoms with Crippen molar-refractivity contribution in [2.24, 2.45) is 0 Å². The van der Waals surface area contributed by atoms with Crippen LogP contribution in [0.4, 0.5) is 0 Å². The number of nitrogens with zero attached hydrogens (tertiary/aromatic N) is 3. The summed E-state index contributed by atoms with van der Waals surface area (Å²) in [6.45, 7) is 10.9. The normalized spacial score (nSPS) is 18.9. The Morgan fingerprint density at radius 2 is 1.95 bits per heavy atom. The summed E-state index contributed by atoms with van der Waals surface area (Å²) < 4.78 is 0. The second kappa shape index (κ2) is 6.77. The third-order valence-corrected chi connectivity index (χ3v) is 4.93. The number of aryl methyl sites for hydroxylation is 1. The van der Waals surface area contributed by atoms with Gasteiger partial charge in [-0.1, -0.05) is 13.0 Å². The molecular formula is C17H26N4O. The zero-order chi connectivity index (χ0) is 15.5. The molecule has 22 heavy (non-hydrogen) atoms. The number of nitrogens with one attached hydrogen (secondary N) is 1. The molecule has 0 bridgehead atoms. The molecular weight excluding hydrogens is 276 g/mol. The van der Waals surface area contributed by atoms with E-state index in [1.54, 1.807) is 0 Å². The van der Waals surface area contributed by atoms with E-state index >= 15 is 0 Å². The van der Waals surface area contributed by atoms with Crippen LogP contribution in [0, 0.1) is 6.92 Å². The Morgan fingerprint density at radius 3 is 2.68 bits per heavy atom. The van der Waals surface area contributed by atoms with Gasteiger partial charge in [0.2, 0.25) is 0 Å². The number of hydrogen-bond donors (Lipinski definition) is 2. The number of aromatic nitrogens is 2. The van der Waals surface area contributed by atoms with E-state index in [0.717, 1.165) is 67.7 Å². The van der Waals surface area contributed by atoms with Gasteiger partial charge in [0.25, 0.3) is 0 Å². The number of hydrogen-bond acceptors (Lipinski definition) is 4. The summed E-state index contributed by atoms with van der Waals surface area (Å²) in [5.74, 6) is 0. The molecule has 1 aromatic heterocycles. The molecule has 2 N–H and O–H groups in total. The minimum absolute atomic E-state index is 0.400. The zero-order valence-corrected chi connectivity index (χ0v) is 13.5. The molecule has 0 radical (unpaired) electrons.